The summed E-state index contributed by atoms with van der Waals surface area (Å²) in [5.41, 5.74) is 6.03. The lowest BCUT2D eigenvalue weighted by Crippen LogP contribution is -2.44. The number of carbonyl (C=O) groups excluding carboxylic acids is 2. The summed E-state index contributed by atoms with van der Waals surface area (Å²) in [5, 5.41) is 20.9. The molecule has 1 aliphatic rings. The normalized spacial score (nSPS) is 15.9. The Balaban J connectivity index is 1.81. The minimum Gasteiger partial charge on any atom is -0.471 e. The number of nitrogen functional groups attached to an aromatic ring is 1. The molecule has 0 bridgehead atoms. The van der Waals surface area contributed by atoms with E-state index < -0.39 is 17.9 Å². The van der Waals surface area contributed by atoms with Crippen LogP contribution < -0.4 is 11.1 Å². The molecule has 1 heterocycles. The van der Waals surface area contributed by atoms with Crippen molar-refractivity contribution < 1.29 is 23.8 Å². The second-order valence-corrected chi connectivity index (χ2v) is 7.01. The predicted octanol–water partition coefficient (Wildman–Crippen LogP) is 2.07. The first-order valence-electron chi connectivity index (χ1n) is 9.46. The highest BCUT2D eigenvalue weighted by atomic mass is 16.5. The predicted molar refractivity (Wildman–Crippen MR) is 103 cm³/mol. The van der Waals surface area contributed by atoms with Gasteiger partial charge in [-0.05, 0) is 31.7 Å². The summed E-state index contributed by atoms with van der Waals surface area (Å²) >= 11 is 0. The quantitative estimate of drug-likeness (QED) is 0.326. The van der Waals surface area contributed by atoms with E-state index in [0.717, 1.165) is 32.1 Å². The Morgan fingerprint density at radius 2 is 2.04 bits per heavy atom. The van der Waals surface area contributed by atoms with Crippen LogP contribution in [0.25, 0.3) is 10.8 Å². The highest BCUT2D eigenvalue weighted by molar-refractivity contribution is 6.16. The van der Waals surface area contributed by atoms with Gasteiger partial charge in [-0.15, -0.1) is 0 Å². The molecule has 0 radical (unpaired) electrons. The summed E-state index contributed by atoms with van der Waals surface area (Å²) < 4.78 is 10.7. The molecule has 0 saturated heterocycles. The van der Waals surface area contributed by atoms with E-state index in [1.54, 1.807) is 12.1 Å². The number of furan rings is 1. The van der Waals surface area contributed by atoms with Crippen molar-refractivity contribution in [2.24, 2.45) is 5.73 Å². The Kier molecular flexibility index (Phi) is 6.30. The molecule has 5 N–H and O–H groups in total. The zero-order valence-corrected chi connectivity index (χ0v) is 15.6. The number of fused-ring (bicyclic) bond motifs is 1. The van der Waals surface area contributed by atoms with E-state index in [1.807, 2.05) is 0 Å². The van der Waals surface area contributed by atoms with E-state index >= 15 is 0 Å². The molecule has 1 unspecified atom stereocenters. The van der Waals surface area contributed by atoms with E-state index in [9.17, 15) is 14.7 Å². The molecule has 1 saturated carbocycles. The molecule has 1 fully saturated rings. The Hall–Kier alpha value is -2.87. The lowest BCUT2D eigenvalue weighted by molar-refractivity contribution is -0.153. The number of nitrogens with one attached hydrogen (secondary N) is 2. The number of amidine groups is 1. The third kappa shape index (κ3) is 4.33. The standard InChI is InChI=1S/C20H25N3O5/c21-18(22)14-7-6-12-10-27-11-15(12)17(14)19(25)23-16(8-9-24)20(26)28-13-4-2-1-3-5-13/h6-7,10-11,13,16,24H,1-5,8-9H2,(H3,21,22)(H,23,25). The van der Waals surface area contributed by atoms with Crippen molar-refractivity contribution in [1.29, 1.82) is 5.41 Å². The second-order valence-electron chi connectivity index (χ2n) is 7.01. The number of hydrogen-bond donors (Lipinski definition) is 4. The van der Waals surface area contributed by atoms with E-state index in [-0.39, 0.29) is 36.1 Å². The van der Waals surface area contributed by atoms with Gasteiger partial charge in [-0.3, -0.25) is 10.2 Å². The number of rotatable bonds is 7. The molecule has 28 heavy (non-hydrogen) atoms. The number of benzene rings is 1. The van der Waals surface area contributed by atoms with Gasteiger partial charge in [0.15, 0.2) is 0 Å². The molecule has 0 aliphatic heterocycles. The number of aliphatic hydroxyl groups is 1. The first kappa shape index (κ1) is 19.9. The highest BCUT2D eigenvalue weighted by Crippen LogP contribution is 2.24. The number of nitrogens with two attached hydrogens (primary N) is 1. The summed E-state index contributed by atoms with van der Waals surface area (Å²) in [6.45, 7) is -0.278. The minimum atomic E-state index is -0.985. The number of aliphatic hydroxyl groups excluding tert-OH is 1. The average molecular weight is 387 g/mol. The molecule has 150 valence electrons. The summed E-state index contributed by atoms with van der Waals surface area (Å²) in [7, 11) is 0. The van der Waals surface area contributed by atoms with E-state index in [2.05, 4.69) is 5.32 Å². The van der Waals surface area contributed by atoms with Gasteiger partial charge in [-0.25, -0.2) is 4.79 Å². The Morgan fingerprint density at radius 1 is 1.29 bits per heavy atom. The molecule has 1 aliphatic carbocycles. The van der Waals surface area contributed by atoms with Crippen molar-refractivity contribution in [3.05, 3.63) is 35.8 Å². The summed E-state index contributed by atoms with van der Waals surface area (Å²) in [6, 6.07) is 2.28. The van der Waals surface area contributed by atoms with Crippen LogP contribution in [-0.4, -0.2) is 41.6 Å². The van der Waals surface area contributed by atoms with Crippen LogP contribution >= 0.6 is 0 Å². The Labute approximate surface area is 162 Å². The van der Waals surface area contributed by atoms with Crippen molar-refractivity contribution in [3.63, 3.8) is 0 Å². The van der Waals surface area contributed by atoms with Gasteiger partial charge in [-0.1, -0.05) is 12.5 Å². The van der Waals surface area contributed by atoms with Gasteiger partial charge in [0.25, 0.3) is 5.91 Å². The molecular formula is C20H25N3O5. The van der Waals surface area contributed by atoms with Crippen molar-refractivity contribution in [2.75, 3.05) is 6.61 Å². The average Bonchev–Trinajstić information content (AvgIpc) is 3.16. The van der Waals surface area contributed by atoms with Gasteiger partial charge >= 0.3 is 5.97 Å². The van der Waals surface area contributed by atoms with Gasteiger partial charge in [0.2, 0.25) is 0 Å². The van der Waals surface area contributed by atoms with Crippen LogP contribution in [0.2, 0.25) is 0 Å². The monoisotopic (exact) mass is 387 g/mol. The smallest absolute Gasteiger partial charge is 0.329 e. The van der Waals surface area contributed by atoms with Gasteiger partial charge in [-0.2, -0.15) is 0 Å². The van der Waals surface area contributed by atoms with Crippen LogP contribution in [0.3, 0.4) is 0 Å². The topological polar surface area (TPSA) is 139 Å². The van der Waals surface area contributed by atoms with Crippen LogP contribution in [0.15, 0.2) is 29.1 Å². The molecule has 0 spiro atoms. The summed E-state index contributed by atoms with van der Waals surface area (Å²) in [6.07, 6.45) is 7.56. The van der Waals surface area contributed by atoms with Crippen molar-refractivity contribution in [1.82, 2.24) is 5.32 Å². The van der Waals surface area contributed by atoms with Crippen molar-refractivity contribution in [3.8, 4) is 0 Å². The highest BCUT2D eigenvalue weighted by Gasteiger charge is 2.28. The van der Waals surface area contributed by atoms with Gasteiger partial charge in [0.1, 0.15) is 18.0 Å². The molecule has 1 aromatic carbocycles. The molecule has 1 amide bonds. The fraction of sp³-hybridized carbons (Fsp3) is 0.450. The fourth-order valence-corrected chi connectivity index (χ4v) is 3.55. The number of esters is 1. The minimum absolute atomic E-state index is 0.0358. The molecular weight excluding hydrogens is 362 g/mol. The first-order chi connectivity index (χ1) is 13.5. The summed E-state index contributed by atoms with van der Waals surface area (Å²) in [5.74, 6) is -1.40. The van der Waals surface area contributed by atoms with Gasteiger partial charge < -0.3 is 25.3 Å². The lowest BCUT2D eigenvalue weighted by atomic mass is 9.97. The molecule has 1 aromatic heterocycles. The molecule has 8 nitrogen and oxygen atoms in total. The molecule has 3 rings (SSSR count). The van der Waals surface area contributed by atoms with Crippen molar-refractivity contribution >= 4 is 28.5 Å². The van der Waals surface area contributed by atoms with Crippen LogP contribution in [0.5, 0.6) is 0 Å². The zero-order chi connectivity index (χ0) is 20.1. The van der Waals surface area contributed by atoms with Gasteiger partial charge in [0, 0.05) is 29.4 Å². The molecule has 1 atom stereocenters. The largest absolute Gasteiger partial charge is 0.471 e. The molecule has 2 aromatic rings. The second kappa shape index (κ2) is 8.88. The lowest BCUT2D eigenvalue weighted by Gasteiger charge is -2.25. The zero-order valence-electron chi connectivity index (χ0n) is 15.6. The van der Waals surface area contributed by atoms with E-state index in [4.69, 9.17) is 20.3 Å². The van der Waals surface area contributed by atoms with Crippen LogP contribution in [0.1, 0.15) is 54.4 Å². The van der Waals surface area contributed by atoms with Crippen LogP contribution in [0.4, 0.5) is 0 Å². The van der Waals surface area contributed by atoms with Crippen LogP contribution in [0, 0.1) is 5.41 Å². The third-order valence-corrected chi connectivity index (χ3v) is 5.02. The number of ether oxygens (including phenoxy) is 1. The molecule has 8 heteroatoms. The summed E-state index contributed by atoms with van der Waals surface area (Å²) in [4.78, 5) is 25.5. The maximum Gasteiger partial charge on any atom is 0.329 e. The van der Waals surface area contributed by atoms with Crippen molar-refractivity contribution in [2.45, 2.75) is 50.7 Å². The maximum atomic E-state index is 13.0. The van der Waals surface area contributed by atoms with Gasteiger partial charge in [0.05, 0.1) is 18.1 Å². The van der Waals surface area contributed by atoms with E-state index in [1.165, 1.54) is 12.5 Å². The number of amides is 1. The maximum absolute atomic E-state index is 13.0. The van der Waals surface area contributed by atoms with Crippen LogP contribution in [-0.2, 0) is 9.53 Å². The Morgan fingerprint density at radius 3 is 2.71 bits per heavy atom. The van der Waals surface area contributed by atoms with E-state index in [0.29, 0.717) is 10.8 Å². The number of hydrogen-bond acceptors (Lipinski definition) is 6. The Bertz CT molecular complexity index is 870. The SMILES string of the molecule is N=C(N)c1ccc2cocc2c1C(=O)NC(CCO)C(=O)OC1CCCCC1. The fourth-order valence-electron chi connectivity index (χ4n) is 3.55. The number of carbonyl (C=O) groups is 2. The third-order valence-electron chi connectivity index (χ3n) is 5.02. The first-order valence-corrected chi connectivity index (χ1v) is 9.46.